The van der Waals surface area contributed by atoms with E-state index in [0.29, 0.717) is 23.3 Å². The van der Waals surface area contributed by atoms with Gasteiger partial charge in [-0.05, 0) is 24.3 Å². The van der Waals surface area contributed by atoms with Gasteiger partial charge in [-0.25, -0.2) is 66.0 Å². The van der Waals surface area contributed by atoms with Crippen molar-refractivity contribution in [3.05, 3.63) is 109 Å². The predicted molar refractivity (Wildman–Crippen MR) is 134 cm³/mol. The number of pyridine rings is 2. The number of nitrogens with zero attached hydrogens (tertiary/aromatic N) is 10. The Labute approximate surface area is 287 Å². The Morgan fingerprint density at radius 2 is 0.694 bits per heavy atom. The van der Waals surface area contributed by atoms with Crippen LogP contribution < -0.4 is 37.3 Å². The zero-order chi connectivity index (χ0) is 35.5. The van der Waals surface area contributed by atoms with Gasteiger partial charge in [-0.1, -0.05) is 0 Å². The first-order valence-electron chi connectivity index (χ1n) is 12.3. The maximum atomic E-state index is 9.25. The van der Waals surface area contributed by atoms with Crippen molar-refractivity contribution in [2.75, 3.05) is 0 Å². The Morgan fingerprint density at radius 1 is 0.490 bits per heavy atom. The van der Waals surface area contributed by atoms with E-state index >= 15 is 0 Å². The summed E-state index contributed by atoms with van der Waals surface area (Å²) >= 11 is 0. The van der Waals surface area contributed by atoms with Crippen molar-refractivity contribution in [1.82, 2.24) is 49.1 Å². The minimum absolute atomic E-state index is 0. The molecule has 0 amide bonds. The van der Waals surface area contributed by atoms with Gasteiger partial charge >= 0.3 is 11.9 Å². The van der Waals surface area contributed by atoms with Crippen LogP contribution in [0.5, 0.6) is 0 Å². The molecule has 0 spiro atoms. The SMILES string of the molecule is OC(=[OH+])c1cc(-n2cccn2)nc(-n2cccn2)c1.OC(=[OH+])c1cc(-n2cccn2)nc(-n2cccn2)c1.[Fe].[O-][Cl+3]([O-])([O-])[O-].[O-][Cl+3]([O-])([O-])[O-]. The topological polar surface area (TPSA) is 365 Å². The van der Waals surface area contributed by atoms with Crippen molar-refractivity contribution in [3.63, 3.8) is 0 Å². The molecule has 49 heavy (non-hydrogen) atoms. The minimum atomic E-state index is -4.94. The van der Waals surface area contributed by atoms with E-state index in [0.717, 1.165) is 0 Å². The molecule has 260 valence electrons. The molecule has 6 rings (SSSR count). The molecule has 0 radical (unpaired) electrons. The molecule has 6 aromatic heterocycles. The van der Waals surface area contributed by atoms with Crippen LogP contribution in [0.4, 0.5) is 0 Å². The van der Waals surface area contributed by atoms with Gasteiger partial charge in [0, 0.05) is 90.9 Å². The van der Waals surface area contributed by atoms with E-state index in [2.05, 4.69) is 30.4 Å². The van der Waals surface area contributed by atoms with Gasteiger partial charge in [-0.2, -0.15) is 20.4 Å². The van der Waals surface area contributed by atoms with Crippen LogP contribution in [-0.4, -0.2) is 80.8 Å². The van der Waals surface area contributed by atoms with Crippen LogP contribution in [0.1, 0.15) is 11.1 Å². The molecule has 0 unspecified atom stereocenters. The van der Waals surface area contributed by atoms with Crippen molar-refractivity contribution in [3.8, 4) is 23.3 Å². The number of aromatic nitrogens is 10. The number of rotatable bonds is 6. The predicted octanol–water partition coefficient (Wildman–Crippen LogP) is -7.79. The Hall–Kier alpha value is -5.14. The Balaban J connectivity index is 0.000000264. The fourth-order valence-electron chi connectivity index (χ4n) is 3.35. The summed E-state index contributed by atoms with van der Waals surface area (Å²) in [7, 11) is -9.89. The van der Waals surface area contributed by atoms with Crippen molar-refractivity contribution < 1.29 is 94.6 Å². The van der Waals surface area contributed by atoms with Crippen molar-refractivity contribution in [2.24, 2.45) is 0 Å². The van der Waals surface area contributed by atoms with E-state index in [1.165, 1.54) is 43.0 Å². The van der Waals surface area contributed by atoms with E-state index in [-0.39, 0.29) is 28.2 Å². The number of carboxylic acids is 2. The smallest absolute Gasteiger partial charge is 0.335 e. The zero-order valence-corrected chi connectivity index (χ0v) is 26.5. The molecular weight excluding hydrogens is 747 g/mol. The summed E-state index contributed by atoms with van der Waals surface area (Å²) in [6.07, 6.45) is 13.3. The first-order valence-corrected chi connectivity index (χ1v) is 14.7. The Morgan fingerprint density at radius 3 is 0.837 bits per heavy atom. The summed E-state index contributed by atoms with van der Waals surface area (Å²) < 4.78 is 74.1. The van der Waals surface area contributed by atoms with Crippen LogP contribution in [0.25, 0.3) is 23.3 Å². The molecule has 6 aromatic rings. The fraction of sp³-hybridized carbons (Fsp3) is 0. The van der Waals surface area contributed by atoms with E-state index in [9.17, 15) is 19.8 Å². The van der Waals surface area contributed by atoms with Gasteiger partial charge in [0.1, 0.15) is 11.1 Å². The third-order valence-electron chi connectivity index (χ3n) is 5.07. The molecule has 0 aliphatic carbocycles. The first-order chi connectivity index (χ1) is 22.5. The average molecular weight is 767 g/mol. The largest absolute Gasteiger partial charge is 0.515 e. The van der Waals surface area contributed by atoms with E-state index < -0.39 is 32.4 Å². The standard InChI is InChI=1S/2C12H9N5O2.2ClHO4.Fe/c2*18-12(19)9-7-10(16-5-1-3-13-16)15-11(8-9)17-6-2-4-14-17;2*2-1(3,4)5;/h2*1-8H,(H,18,19);2*(H,2,3,4,5);. The van der Waals surface area contributed by atoms with Crippen LogP contribution >= 0.6 is 0 Å². The fourth-order valence-corrected chi connectivity index (χ4v) is 3.35. The van der Waals surface area contributed by atoms with Crippen LogP contribution in [0.3, 0.4) is 0 Å². The Kier molecular flexibility index (Phi) is 14.6. The number of aromatic carboxylic acids is 2. The summed E-state index contributed by atoms with van der Waals surface area (Å²) in [5, 5.41) is 34.8. The normalized spacial score (nSPS) is 10.6. The number of hydrogen-bond acceptors (Lipinski definition) is 14. The van der Waals surface area contributed by atoms with Crippen molar-refractivity contribution in [1.29, 1.82) is 0 Å². The number of halogens is 2. The first kappa shape index (κ1) is 40.0. The second-order valence-electron chi connectivity index (χ2n) is 8.35. The van der Waals surface area contributed by atoms with Gasteiger partial charge in [0.15, 0.2) is 23.3 Å². The number of hydrogen-bond donors (Lipinski definition) is 2. The Bertz CT molecular complexity index is 1630. The van der Waals surface area contributed by atoms with Gasteiger partial charge in [0.05, 0.1) is 0 Å². The molecule has 0 saturated carbocycles. The van der Waals surface area contributed by atoms with E-state index in [4.69, 9.17) is 37.3 Å². The molecular formula is C24H20Cl2FeN10O12. The molecule has 4 N–H and O–H groups in total. The van der Waals surface area contributed by atoms with Crippen LogP contribution in [-0.2, 0) is 17.1 Å². The third-order valence-corrected chi connectivity index (χ3v) is 5.07. The second kappa shape index (κ2) is 17.9. The molecule has 0 fully saturated rings. The summed E-state index contributed by atoms with van der Waals surface area (Å²) in [4.78, 5) is 27.2. The number of carboxylic acid groups (broad SMARTS) is 2. The minimum Gasteiger partial charge on any atom is -0.335 e. The molecule has 0 bridgehead atoms. The van der Waals surface area contributed by atoms with Gasteiger partial charge < -0.3 is 19.8 Å². The van der Waals surface area contributed by atoms with Gasteiger partial charge in [0.25, 0.3) is 0 Å². The monoisotopic (exact) mass is 766 g/mol. The molecule has 6 heterocycles. The molecule has 0 aliphatic rings. The molecule has 25 heteroatoms. The van der Waals surface area contributed by atoms with Gasteiger partial charge in [-0.15, -0.1) is 20.5 Å². The number of aliphatic hydroxyl groups excluding tert-OH is 2. The van der Waals surface area contributed by atoms with Crippen molar-refractivity contribution in [2.45, 2.75) is 0 Å². The average Bonchev–Trinajstić information content (AvgIpc) is 3.83. The summed E-state index contributed by atoms with van der Waals surface area (Å²) in [5.41, 5.74) is 0.483. The van der Waals surface area contributed by atoms with Crippen LogP contribution in [0.2, 0.25) is 0 Å². The maximum absolute atomic E-state index is 9.25. The second-order valence-corrected chi connectivity index (χ2v) is 9.86. The quantitative estimate of drug-likeness (QED) is 0.117. The van der Waals surface area contributed by atoms with Gasteiger partial charge in [0.2, 0.25) is 0 Å². The third kappa shape index (κ3) is 14.3. The van der Waals surface area contributed by atoms with E-state index in [1.54, 1.807) is 73.8 Å². The molecule has 22 nitrogen and oxygen atoms in total. The maximum Gasteiger partial charge on any atom is 0.515 e. The summed E-state index contributed by atoms with van der Waals surface area (Å²) in [6, 6.07) is 13.1. The van der Waals surface area contributed by atoms with Crippen LogP contribution in [0, 0.1) is 20.5 Å². The van der Waals surface area contributed by atoms with Crippen LogP contribution in [0.15, 0.2) is 98.1 Å². The van der Waals surface area contributed by atoms with Crippen molar-refractivity contribution >= 4 is 11.9 Å². The van der Waals surface area contributed by atoms with Gasteiger partial charge in [-0.3, -0.25) is 0 Å². The van der Waals surface area contributed by atoms with E-state index in [1.807, 2.05) is 0 Å². The molecule has 0 aliphatic heterocycles. The summed E-state index contributed by atoms with van der Waals surface area (Å²) in [5.74, 6) is 0.317. The summed E-state index contributed by atoms with van der Waals surface area (Å²) in [6.45, 7) is 0. The molecule has 0 aromatic carbocycles. The zero-order valence-electron chi connectivity index (χ0n) is 23.9. The molecule has 0 atom stereocenters. The molecule has 0 saturated heterocycles.